The van der Waals surface area contributed by atoms with Gasteiger partial charge in [0.1, 0.15) is 0 Å². The molecular formula is C14H19N3O2. The Hall–Kier alpha value is -2.04. The van der Waals surface area contributed by atoms with Gasteiger partial charge in [-0.1, -0.05) is 30.3 Å². The predicted octanol–water partition coefficient (Wildman–Crippen LogP) is 1.01. The van der Waals surface area contributed by atoms with E-state index in [1.165, 1.54) is 0 Å². The number of amides is 3. The molecule has 2 rings (SSSR count). The molecule has 0 radical (unpaired) electrons. The Labute approximate surface area is 113 Å². The van der Waals surface area contributed by atoms with E-state index in [2.05, 4.69) is 0 Å². The predicted molar refractivity (Wildman–Crippen MR) is 72.5 cm³/mol. The fraction of sp³-hybridized carbons (Fsp3) is 0.429. The van der Waals surface area contributed by atoms with Crippen molar-refractivity contribution >= 4 is 12.4 Å². The smallest absolute Gasteiger partial charge is 0.320 e. The van der Waals surface area contributed by atoms with Crippen molar-refractivity contribution in [2.75, 3.05) is 33.2 Å². The molecule has 1 aromatic rings. The number of rotatable bonds is 3. The third-order valence-corrected chi connectivity index (χ3v) is 3.32. The third-order valence-electron chi connectivity index (χ3n) is 3.32. The Morgan fingerprint density at radius 2 is 1.84 bits per heavy atom. The maximum atomic E-state index is 12.2. The second kappa shape index (κ2) is 6.22. The van der Waals surface area contributed by atoms with Crippen LogP contribution in [0.5, 0.6) is 0 Å². The summed E-state index contributed by atoms with van der Waals surface area (Å²) >= 11 is 0. The maximum Gasteiger partial charge on any atom is 0.320 e. The fourth-order valence-electron chi connectivity index (χ4n) is 2.18. The average Bonchev–Trinajstić information content (AvgIpc) is 2.47. The molecule has 19 heavy (non-hydrogen) atoms. The van der Waals surface area contributed by atoms with Gasteiger partial charge in [-0.05, 0) is 5.56 Å². The molecule has 0 spiro atoms. The van der Waals surface area contributed by atoms with Crippen LogP contribution in [0.15, 0.2) is 30.3 Å². The lowest BCUT2D eigenvalue weighted by molar-refractivity contribution is -0.119. The molecule has 1 aliphatic heterocycles. The summed E-state index contributed by atoms with van der Waals surface area (Å²) in [5, 5.41) is 0. The van der Waals surface area contributed by atoms with E-state index in [0.29, 0.717) is 32.7 Å². The minimum Gasteiger partial charge on any atom is -0.342 e. The van der Waals surface area contributed by atoms with Crippen molar-refractivity contribution in [3.05, 3.63) is 35.9 Å². The molecule has 5 heteroatoms. The van der Waals surface area contributed by atoms with Crippen LogP contribution in [0.1, 0.15) is 5.56 Å². The molecule has 3 amide bonds. The minimum atomic E-state index is 0.0226. The summed E-state index contributed by atoms with van der Waals surface area (Å²) in [6.45, 7) is 3.06. The van der Waals surface area contributed by atoms with Crippen molar-refractivity contribution < 1.29 is 9.59 Å². The van der Waals surface area contributed by atoms with Gasteiger partial charge in [0.15, 0.2) is 0 Å². The van der Waals surface area contributed by atoms with Crippen LogP contribution in [0.4, 0.5) is 4.79 Å². The molecule has 1 fully saturated rings. The minimum absolute atomic E-state index is 0.0226. The van der Waals surface area contributed by atoms with E-state index >= 15 is 0 Å². The summed E-state index contributed by atoms with van der Waals surface area (Å²) in [6, 6.07) is 9.94. The summed E-state index contributed by atoms with van der Waals surface area (Å²) in [7, 11) is 1.81. The Morgan fingerprint density at radius 3 is 2.42 bits per heavy atom. The molecule has 0 atom stereocenters. The number of benzene rings is 1. The molecule has 0 unspecified atom stereocenters. The molecule has 0 aliphatic carbocycles. The van der Waals surface area contributed by atoms with E-state index in [1.54, 1.807) is 21.7 Å². The van der Waals surface area contributed by atoms with Gasteiger partial charge >= 0.3 is 6.03 Å². The molecule has 0 saturated carbocycles. The number of hydrogen-bond acceptors (Lipinski definition) is 2. The Morgan fingerprint density at radius 1 is 1.21 bits per heavy atom. The van der Waals surface area contributed by atoms with Crippen molar-refractivity contribution in [2.24, 2.45) is 0 Å². The van der Waals surface area contributed by atoms with Gasteiger partial charge in [0.05, 0.1) is 0 Å². The van der Waals surface area contributed by atoms with Crippen molar-refractivity contribution in [3.8, 4) is 0 Å². The highest BCUT2D eigenvalue weighted by Gasteiger charge is 2.22. The summed E-state index contributed by atoms with van der Waals surface area (Å²) < 4.78 is 0. The van der Waals surface area contributed by atoms with Gasteiger partial charge in [-0.25, -0.2) is 4.79 Å². The lowest BCUT2D eigenvalue weighted by Gasteiger charge is -2.35. The second-order valence-corrected chi connectivity index (χ2v) is 4.75. The van der Waals surface area contributed by atoms with E-state index in [0.717, 1.165) is 12.0 Å². The van der Waals surface area contributed by atoms with Crippen LogP contribution in [0.2, 0.25) is 0 Å². The number of hydrogen-bond donors (Lipinski definition) is 0. The van der Waals surface area contributed by atoms with E-state index in [9.17, 15) is 9.59 Å². The third kappa shape index (κ3) is 3.47. The highest BCUT2D eigenvalue weighted by Crippen LogP contribution is 2.07. The standard InChI is InChI=1S/C14H19N3O2/c1-15(11-13-5-3-2-4-6-13)14(19)17-9-7-16(12-18)8-10-17/h2-6,12H,7-11H2,1H3. The molecule has 5 nitrogen and oxygen atoms in total. The first kappa shape index (κ1) is 13.4. The van der Waals surface area contributed by atoms with Crippen LogP contribution in [0.25, 0.3) is 0 Å². The molecule has 1 heterocycles. The van der Waals surface area contributed by atoms with Crippen molar-refractivity contribution in [1.82, 2.24) is 14.7 Å². The normalized spacial score (nSPS) is 15.2. The Balaban J connectivity index is 1.87. The Bertz CT molecular complexity index is 428. The van der Waals surface area contributed by atoms with Crippen molar-refractivity contribution in [1.29, 1.82) is 0 Å². The summed E-state index contributed by atoms with van der Waals surface area (Å²) in [6.07, 6.45) is 0.843. The second-order valence-electron chi connectivity index (χ2n) is 4.75. The highest BCUT2D eigenvalue weighted by molar-refractivity contribution is 5.74. The van der Waals surface area contributed by atoms with Gasteiger partial charge in [-0.3, -0.25) is 4.79 Å². The van der Waals surface area contributed by atoms with E-state index in [-0.39, 0.29) is 6.03 Å². The number of carbonyl (C=O) groups is 2. The first-order valence-corrected chi connectivity index (χ1v) is 6.44. The SMILES string of the molecule is CN(Cc1ccccc1)C(=O)N1CCN(C=O)CC1. The summed E-state index contributed by atoms with van der Waals surface area (Å²) in [5.41, 5.74) is 1.12. The fourth-order valence-corrected chi connectivity index (χ4v) is 2.18. The van der Waals surface area contributed by atoms with Crippen LogP contribution in [-0.2, 0) is 11.3 Å². The average molecular weight is 261 g/mol. The van der Waals surface area contributed by atoms with Gasteiger partial charge in [0.2, 0.25) is 6.41 Å². The molecule has 1 aliphatic rings. The van der Waals surface area contributed by atoms with Gasteiger partial charge < -0.3 is 14.7 Å². The zero-order valence-electron chi connectivity index (χ0n) is 11.2. The van der Waals surface area contributed by atoms with Crippen LogP contribution < -0.4 is 0 Å². The van der Waals surface area contributed by atoms with Gasteiger partial charge in [0, 0.05) is 39.8 Å². The maximum absolute atomic E-state index is 12.2. The van der Waals surface area contributed by atoms with Crippen molar-refractivity contribution in [2.45, 2.75) is 6.54 Å². The van der Waals surface area contributed by atoms with Crippen LogP contribution in [0, 0.1) is 0 Å². The molecule has 0 N–H and O–H groups in total. The van der Waals surface area contributed by atoms with E-state index < -0.39 is 0 Å². The zero-order chi connectivity index (χ0) is 13.7. The molecule has 1 saturated heterocycles. The highest BCUT2D eigenvalue weighted by atomic mass is 16.2. The van der Waals surface area contributed by atoms with E-state index in [1.807, 2.05) is 30.3 Å². The molecule has 102 valence electrons. The molecule has 1 aromatic carbocycles. The largest absolute Gasteiger partial charge is 0.342 e. The van der Waals surface area contributed by atoms with Crippen LogP contribution in [-0.4, -0.2) is 60.4 Å². The first-order chi connectivity index (χ1) is 9.20. The number of piperazine rings is 1. The number of nitrogens with zero attached hydrogens (tertiary/aromatic N) is 3. The molecular weight excluding hydrogens is 242 g/mol. The van der Waals surface area contributed by atoms with Gasteiger partial charge in [0.25, 0.3) is 0 Å². The zero-order valence-corrected chi connectivity index (χ0v) is 11.2. The first-order valence-electron chi connectivity index (χ1n) is 6.44. The lowest BCUT2D eigenvalue weighted by atomic mass is 10.2. The topological polar surface area (TPSA) is 43.9 Å². The summed E-state index contributed by atoms with van der Waals surface area (Å²) in [5.74, 6) is 0. The Kier molecular flexibility index (Phi) is 4.39. The lowest BCUT2D eigenvalue weighted by Crippen LogP contribution is -2.51. The van der Waals surface area contributed by atoms with E-state index in [4.69, 9.17) is 0 Å². The van der Waals surface area contributed by atoms with Gasteiger partial charge in [-0.15, -0.1) is 0 Å². The van der Waals surface area contributed by atoms with Crippen LogP contribution in [0.3, 0.4) is 0 Å². The van der Waals surface area contributed by atoms with Crippen LogP contribution >= 0.6 is 0 Å². The number of carbonyl (C=O) groups excluding carboxylic acids is 2. The molecule has 0 bridgehead atoms. The monoisotopic (exact) mass is 261 g/mol. The number of urea groups is 1. The quantitative estimate of drug-likeness (QED) is 0.762. The van der Waals surface area contributed by atoms with Crippen molar-refractivity contribution in [3.63, 3.8) is 0 Å². The van der Waals surface area contributed by atoms with Gasteiger partial charge in [-0.2, -0.15) is 0 Å². The summed E-state index contributed by atoms with van der Waals surface area (Å²) in [4.78, 5) is 28.1. The molecule has 0 aromatic heterocycles.